The van der Waals surface area contributed by atoms with Crippen LogP contribution in [0.1, 0.15) is 37.6 Å². The summed E-state index contributed by atoms with van der Waals surface area (Å²) in [6, 6.07) is 9.06. The smallest absolute Gasteiger partial charge is 0.154 e. The first-order valence-corrected chi connectivity index (χ1v) is 8.36. The summed E-state index contributed by atoms with van der Waals surface area (Å²) in [5.74, 6) is 0. The minimum absolute atomic E-state index is 0.426. The number of hydrogen-bond donors (Lipinski definition) is 1. The van der Waals surface area contributed by atoms with Crippen LogP contribution in [0.5, 0.6) is 0 Å². The highest BCUT2D eigenvalue weighted by Gasteiger charge is 2.13. The van der Waals surface area contributed by atoms with Gasteiger partial charge < -0.3 is 5.32 Å². The number of aryl methyl sites for hydroxylation is 1. The van der Waals surface area contributed by atoms with Gasteiger partial charge in [0.25, 0.3) is 0 Å². The van der Waals surface area contributed by atoms with Crippen LogP contribution in [0.25, 0.3) is 0 Å². The molecule has 0 bridgehead atoms. The molecular formula is C15H20N2S2. The molecule has 0 saturated heterocycles. The zero-order chi connectivity index (χ0) is 13.7. The number of hydrogen-bond acceptors (Lipinski definition) is 4. The Labute approximate surface area is 123 Å². The fourth-order valence-corrected chi connectivity index (χ4v) is 4.03. The molecule has 0 saturated carbocycles. The molecule has 2 nitrogen and oxygen atoms in total. The highest BCUT2D eigenvalue weighted by Crippen LogP contribution is 2.35. The van der Waals surface area contributed by atoms with Crippen molar-refractivity contribution in [1.29, 1.82) is 0 Å². The Morgan fingerprint density at radius 3 is 2.74 bits per heavy atom. The highest BCUT2D eigenvalue weighted by atomic mass is 32.2. The molecule has 1 unspecified atom stereocenters. The average Bonchev–Trinajstić information content (AvgIpc) is 2.82. The number of thiazole rings is 1. The van der Waals surface area contributed by atoms with Crippen molar-refractivity contribution in [3.05, 3.63) is 40.9 Å². The molecule has 0 aliphatic rings. The summed E-state index contributed by atoms with van der Waals surface area (Å²) in [5, 5.41) is 5.65. The Morgan fingerprint density at radius 1 is 1.32 bits per heavy atom. The summed E-state index contributed by atoms with van der Waals surface area (Å²) >= 11 is 3.49. The van der Waals surface area contributed by atoms with Gasteiger partial charge in [-0.25, -0.2) is 4.98 Å². The molecule has 1 aromatic heterocycles. The Hall–Kier alpha value is -0.840. The molecule has 0 radical (unpaired) electrons. The monoisotopic (exact) mass is 292 g/mol. The maximum Gasteiger partial charge on any atom is 0.154 e. The van der Waals surface area contributed by atoms with Gasteiger partial charge in [-0.1, -0.05) is 43.8 Å². The van der Waals surface area contributed by atoms with Crippen molar-refractivity contribution in [2.24, 2.45) is 0 Å². The molecule has 2 aromatic rings. The van der Waals surface area contributed by atoms with E-state index in [1.54, 1.807) is 23.1 Å². The second-order valence-corrected chi connectivity index (χ2v) is 6.56. The van der Waals surface area contributed by atoms with Gasteiger partial charge in [-0.2, -0.15) is 0 Å². The van der Waals surface area contributed by atoms with E-state index in [0.717, 1.165) is 23.0 Å². The summed E-state index contributed by atoms with van der Waals surface area (Å²) in [4.78, 5) is 5.85. The van der Waals surface area contributed by atoms with E-state index < -0.39 is 0 Å². The molecule has 1 aromatic carbocycles. The largest absolute Gasteiger partial charge is 0.310 e. The quantitative estimate of drug-likeness (QED) is 0.838. The summed E-state index contributed by atoms with van der Waals surface area (Å²) in [6.07, 6.45) is 1.10. The van der Waals surface area contributed by atoms with Gasteiger partial charge in [0.05, 0.1) is 0 Å². The predicted molar refractivity (Wildman–Crippen MR) is 84.1 cm³/mol. The second-order valence-electron chi connectivity index (χ2n) is 4.41. The van der Waals surface area contributed by atoms with Crippen LogP contribution in [-0.2, 0) is 0 Å². The molecule has 4 heteroatoms. The summed E-state index contributed by atoms with van der Waals surface area (Å²) in [5.41, 5.74) is 2.48. The van der Waals surface area contributed by atoms with Gasteiger partial charge in [0.15, 0.2) is 4.34 Å². The van der Waals surface area contributed by atoms with Gasteiger partial charge in [-0.15, -0.1) is 11.3 Å². The van der Waals surface area contributed by atoms with Gasteiger partial charge in [0, 0.05) is 22.0 Å². The van der Waals surface area contributed by atoms with E-state index in [2.05, 4.69) is 53.8 Å². The van der Waals surface area contributed by atoms with Crippen LogP contribution in [0.4, 0.5) is 0 Å². The lowest BCUT2D eigenvalue weighted by Gasteiger charge is -2.19. The number of nitrogens with zero attached hydrogens (tertiary/aromatic N) is 1. The van der Waals surface area contributed by atoms with E-state index in [1.165, 1.54) is 10.5 Å². The van der Waals surface area contributed by atoms with E-state index in [-0.39, 0.29) is 0 Å². The lowest BCUT2D eigenvalue weighted by Crippen LogP contribution is -2.20. The van der Waals surface area contributed by atoms with Crippen LogP contribution >= 0.6 is 23.1 Å². The van der Waals surface area contributed by atoms with Crippen molar-refractivity contribution < 1.29 is 0 Å². The van der Waals surface area contributed by atoms with Crippen LogP contribution in [0.15, 0.2) is 38.9 Å². The van der Waals surface area contributed by atoms with Crippen molar-refractivity contribution in [3.63, 3.8) is 0 Å². The molecule has 19 heavy (non-hydrogen) atoms. The topological polar surface area (TPSA) is 24.9 Å². The third-order valence-electron chi connectivity index (χ3n) is 2.95. The van der Waals surface area contributed by atoms with E-state index >= 15 is 0 Å². The number of nitrogens with one attached hydrogen (secondary N) is 1. The SMILES string of the molecule is CCNC(CC)c1ccccc1Sc1nc(C)cs1. The number of rotatable bonds is 6. The highest BCUT2D eigenvalue weighted by molar-refractivity contribution is 8.01. The molecule has 102 valence electrons. The van der Waals surface area contributed by atoms with Crippen LogP contribution in [-0.4, -0.2) is 11.5 Å². The van der Waals surface area contributed by atoms with Gasteiger partial charge in [0.2, 0.25) is 0 Å². The number of aromatic nitrogens is 1. The van der Waals surface area contributed by atoms with E-state index in [1.807, 2.05) is 6.92 Å². The standard InChI is InChI=1S/C15H20N2S2/c1-4-13(16-5-2)12-8-6-7-9-14(12)19-15-17-11(3)10-18-15/h6-10,13,16H,4-5H2,1-3H3. The van der Waals surface area contributed by atoms with Crippen molar-refractivity contribution in [1.82, 2.24) is 10.3 Å². The maximum absolute atomic E-state index is 4.54. The van der Waals surface area contributed by atoms with E-state index in [0.29, 0.717) is 6.04 Å². The van der Waals surface area contributed by atoms with Crippen LogP contribution in [0, 0.1) is 6.92 Å². The van der Waals surface area contributed by atoms with E-state index in [4.69, 9.17) is 0 Å². The molecular weight excluding hydrogens is 272 g/mol. The summed E-state index contributed by atoms with van der Waals surface area (Å²) in [7, 11) is 0. The molecule has 0 aliphatic carbocycles. The van der Waals surface area contributed by atoms with Gasteiger partial charge in [-0.3, -0.25) is 0 Å². The van der Waals surface area contributed by atoms with Gasteiger partial charge >= 0.3 is 0 Å². The van der Waals surface area contributed by atoms with Crippen molar-refractivity contribution in [3.8, 4) is 0 Å². The Bertz CT molecular complexity index is 522. The lowest BCUT2D eigenvalue weighted by molar-refractivity contribution is 0.530. The van der Waals surface area contributed by atoms with Crippen LogP contribution in [0.2, 0.25) is 0 Å². The lowest BCUT2D eigenvalue weighted by atomic mass is 10.0. The third-order valence-corrected chi connectivity index (χ3v) is 5.10. The first-order chi connectivity index (χ1) is 9.24. The van der Waals surface area contributed by atoms with Crippen LogP contribution in [0.3, 0.4) is 0 Å². The fraction of sp³-hybridized carbons (Fsp3) is 0.400. The Kier molecular flexibility index (Phi) is 5.43. The molecule has 0 aliphatic heterocycles. The predicted octanol–water partition coefficient (Wildman–Crippen LogP) is 4.66. The third kappa shape index (κ3) is 3.81. The fourth-order valence-electron chi connectivity index (χ4n) is 2.06. The number of benzene rings is 1. The first-order valence-electron chi connectivity index (χ1n) is 6.66. The van der Waals surface area contributed by atoms with Crippen molar-refractivity contribution in [2.75, 3.05) is 6.54 Å². The zero-order valence-corrected chi connectivity index (χ0v) is 13.3. The van der Waals surface area contributed by atoms with E-state index in [9.17, 15) is 0 Å². The minimum atomic E-state index is 0.426. The Balaban J connectivity index is 2.24. The van der Waals surface area contributed by atoms with Gasteiger partial charge in [-0.05, 0) is 31.5 Å². The maximum atomic E-state index is 4.54. The molecule has 1 N–H and O–H groups in total. The summed E-state index contributed by atoms with van der Waals surface area (Å²) < 4.78 is 1.12. The molecule has 1 atom stereocenters. The molecule has 1 heterocycles. The molecule has 0 amide bonds. The second kappa shape index (κ2) is 7.08. The molecule has 0 fully saturated rings. The molecule has 0 spiro atoms. The minimum Gasteiger partial charge on any atom is -0.310 e. The normalized spacial score (nSPS) is 12.6. The Morgan fingerprint density at radius 2 is 2.11 bits per heavy atom. The molecule has 2 rings (SSSR count). The first kappa shape index (κ1) is 14.6. The van der Waals surface area contributed by atoms with Crippen molar-refractivity contribution >= 4 is 23.1 Å². The average molecular weight is 292 g/mol. The van der Waals surface area contributed by atoms with Gasteiger partial charge in [0.1, 0.15) is 0 Å². The zero-order valence-electron chi connectivity index (χ0n) is 11.6. The summed E-state index contributed by atoms with van der Waals surface area (Å²) in [6.45, 7) is 7.42. The van der Waals surface area contributed by atoms with Crippen LogP contribution < -0.4 is 5.32 Å². The van der Waals surface area contributed by atoms with Crippen molar-refractivity contribution in [2.45, 2.75) is 42.5 Å².